The minimum absolute atomic E-state index is 0.0555. The van der Waals surface area contributed by atoms with Crippen LogP contribution < -0.4 is 5.73 Å². The van der Waals surface area contributed by atoms with Gasteiger partial charge < -0.3 is 5.73 Å². The summed E-state index contributed by atoms with van der Waals surface area (Å²) in [5, 5.41) is 0. The lowest BCUT2D eigenvalue weighted by Gasteiger charge is -2.07. The van der Waals surface area contributed by atoms with Crippen LogP contribution in [0.25, 0.3) is 16.9 Å². The fourth-order valence-corrected chi connectivity index (χ4v) is 3.83. The third kappa shape index (κ3) is 5.39. The van der Waals surface area contributed by atoms with Crippen LogP contribution in [0.4, 0.5) is 32.0 Å². The number of rotatable bonds is 5. The summed E-state index contributed by atoms with van der Waals surface area (Å²) >= 11 is 0. The van der Waals surface area contributed by atoms with Crippen LogP contribution in [-0.2, 0) is 20.6 Å². The highest BCUT2D eigenvalue weighted by molar-refractivity contribution is 7.97. The van der Waals surface area contributed by atoms with Crippen LogP contribution in [0.2, 0.25) is 0 Å². The zero-order chi connectivity index (χ0) is 24.6. The average Bonchev–Trinajstić information content (AvgIpc) is 3.15. The first-order chi connectivity index (χ1) is 15.2. The van der Waals surface area contributed by atoms with Crippen LogP contribution >= 0.6 is 0 Å². The van der Waals surface area contributed by atoms with E-state index in [4.69, 9.17) is 5.73 Å². The zero-order valence-electron chi connectivity index (χ0n) is 16.7. The highest BCUT2D eigenvalue weighted by atomic mass is 32.3. The molecule has 3 aromatic rings. The van der Waals surface area contributed by atoms with E-state index in [2.05, 4.69) is 15.0 Å². The second-order valence-electron chi connectivity index (χ2n) is 6.67. The quantitative estimate of drug-likeness (QED) is 0.300. The molecule has 3 rings (SSSR count). The molecule has 176 valence electrons. The molecular weight excluding hydrogens is 476 g/mol. The summed E-state index contributed by atoms with van der Waals surface area (Å²) in [6, 6.07) is 4.62. The Morgan fingerprint density at radius 1 is 1.24 bits per heavy atom. The van der Waals surface area contributed by atoms with Gasteiger partial charge in [0.2, 0.25) is 15.1 Å². The van der Waals surface area contributed by atoms with Crippen molar-refractivity contribution >= 4 is 27.8 Å². The number of allylic oxidation sites excluding steroid dienone is 2. The molecule has 1 unspecified atom stereocenters. The molecule has 2 heterocycles. The molecule has 0 aliphatic rings. The molecule has 1 aromatic carbocycles. The van der Waals surface area contributed by atoms with Gasteiger partial charge in [0.25, 0.3) is 0 Å². The van der Waals surface area contributed by atoms with Crippen molar-refractivity contribution in [1.29, 1.82) is 0 Å². The van der Waals surface area contributed by atoms with Gasteiger partial charge in [-0.15, -0.1) is 0 Å². The van der Waals surface area contributed by atoms with Crippen LogP contribution in [0, 0.1) is 0 Å². The molecule has 0 saturated heterocycles. The Morgan fingerprint density at radius 3 is 2.55 bits per heavy atom. The lowest BCUT2D eigenvalue weighted by molar-refractivity contribution is -0.141. The molecule has 0 aliphatic carbocycles. The fraction of sp³-hybridized carbons (Fsp3) is 0.211. The lowest BCUT2D eigenvalue weighted by Crippen LogP contribution is -2.19. The number of aliphatic imine (C=N–C) groups is 1. The van der Waals surface area contributed by atoms with Crippen LogP contribution in [0.15, 0.2) is 58.5 Å². The summed E-state index contributed by atoms with van der Waals surface area (Å²) in [5.41, 5.74) is 2.56. The Hall–Kier alpha value is -3.26. The first-order valence-electron chi connectivity index (χ1n) is 9.10. The van der Waals surface area contributed by atoms with Gasteiger partial charge >= 0.3 is 12.4 Å². The van der Waals surface area contributed by atoms with Gasteiger partial charge in [-0.3, -0.25) is 9.39 Å². The maximum Gasteiger partial charge on any atom is 0.433 e. The van der Waals surface area contributed by atoms with E-state index in [0.29, 0.717) is 6.08 Å². The van der Waals surface area contributed by atoms with E-state index in [1.807, 2.05) is 0 Å². The molecular formula is C19H16F6N5O2S+. The number of halogens is 6. The topological polar surface area (TPSA) is 106 Å². The fourth-order valence-electron chi connectivity index (χ4n) is 2.70. The summed E-state index contributed by atoms with van der Waals surface area (Å²) < 4.78 is 100. The van der Waals surface area contributed by atoms with Crippen molar-refractivity contribution in [2.75, 3.05) is 5.75 Å². The highest BCUT2D eigenvalue weighted by Gasteiger charge is 2.34. The van der Waals surface area contributed by atoms with E-state index in [-0.39, 0.29) is 33.2 Å². The number of hydrogen-bond donors (Lipinski definition) is 2. The molecule has 0 saturated carbocycles. The second-order valence-corrected chi connectivity index (χ2v) is 8.97. The number of hydrogen-bond acceptors (Lipinski definition) is 5. The Kier molecular flexibility index (Phi) is 6.35. The average molecular weight is 492 g/mol. The van der Waals surface area contributed by atoms with Gasteiger partial charge in [0.1, 0.15) is 29.1 Å². The van der Waals surface area contributed by atoms with Gasteiger partial charge in [-0.05, 0) is 25.1 Å². The molecule has 0 aliphatic heterocycles. The molecule has 2 aromatic heterocycles. The van der Waals surface area contributed by atoms with Crippen LogP contribution in [0.5, 0.6) is 0 Å². The predicted octanol–water partition coefficient (Wildman–Crippen LogP) is 4.87. The van der Waals surface area contributed by atoms with Crippen molar-refractivity contribution in [3.8, 4) is 11.3 Å². The molecule has 0 radical (unpaired) electrons. The maximum absolute atomic E-state index is 12.9. The summed E-state index contributed by atoms with van der Waals surface area (Å²) in [6.45, 7) is 1.44. The Bertz CT molecular complexity index is 1300. The largest absolute Gasteiger partial charge is 0.433 e. The molecule has 14 heteroatoms. The number of benzene rings is 1. The van der Waals surface area contributed by atoms with Crippen molar-refractivity contribution in [3.63, 3.8) is 0 Å². The summed E-state index contributed by atoms with van der Waals surface area (Å²) in [6.07, 6.45) is -5.82. The van der Waals surface area contributed by atoms with Gasteiger partial charge in [-0.1, -0.05) is 4.21 Å². The van der Waals surface area contributed by atoms with Gasteiger partial charge in [-0.2, -0.15) is 30.9 Å². The zero-order valence-corrected chi connectivity index (χ0v) is 17.5. The van der Waals surface area contributed by atoms with E-state index in [0.717, 1.165) is 18.6 Å². The molecule has 1 atom stereocenters. The number of nitrogens with two attached hydrogens (primary N) is 1. The SMILES string of the molecule is CC[S+](=O)(O)c1cc(N=CC=C(N)C(F)(F)F)ccc1-c1cn2cnc(C(F)(F)F)cc2n1. The highest BCUT2D eigenvalue weighted by Crippen LogP contribution is 2.34. The normalized spacial score (nSPS) is 15.3. The minimum Gasteiger partial charge on any atom is -0.395 e. The molecule has 0 amide bonds. The van der Waals surface area contributed by atoms with Crippen LogP contribution in [0.1, 0.15) is 12.6 Å². The van der Waals surface area contributed by atoms with Crippen molar-refractivity contribution in [3.05, 3.63) is 54.3 Å². The Balaban J connectivity index is 2.08. The van der Waals surface area contributed by atoms with Gasteiger partial charge in [-0.25, -0.2) is 9.97 Å². The van der Waals surface area contributed by atoms with Crippen molar-refractivity contribution in [2.24, 2.45) is 10.7 Å². The van der Waals surface area contributed by atoms with Gasteiger partial charge in [0.05, 0.1) is 16.9 Å². The second kappa shape index (κ2) is 8.59. The Morgan fingerprint density at radius 2 is 1.94 bits per heavy atom. The van der Waals surface area contributed by atoms with Gasteiger partial charge in [0, 0.05) is 24.5 Å². The number of fused-ring (bicyclic) bond motifs is 1. The summed E-state index contributed by atoms with van der Waals surface area (Å²) in [4.78, 5) is 11.1. The molecule has 0 spiro atoms. The molecule has 0 bridgehead atoms. The lowest BCUT2D eigenvalue weighted by atomic mass is 10.1. The van der Waals surface area contributed by atoms with E-state index in [9.17, 15) is 35.1 Å². The van der Waals surface area contributed by atoms with Crippen molar-refractivity contribution in [2.45, 2.75) is 24.2 Å². The summed E-state index contributed by atoms with van der Waals surface area (Å²) in [7, 11) is -3.62. The monoisotopic (exact) mass is 492 g/mol. The standard InChI is InChI=1S/C19H15F6N5O2S/c1-2-33(31,32)14-7-11(27-6-5-15(26)18(20,21)22)3-4-12(14)13-9-30-10-28-16(19(23,24)25)8-17(30)29-13/h3-10H,2,26H2,1H3/p+1. The third-order valence-corrected chi connectivity index (χ3v) is 6.23. The van der Waals surface area contributed by atoms with Crippen LogP contribution in [0.3, 0.4) is 0 Å². The smallest absolute Gasteiger partial charge is 0.395 e. The maximum atomic E-state index is 12.9. The predicted molar refractivity (Wildman–Crippen MR) is 109 cm³/mol. The van der Waals surface area contributed by atoms with Gasteiger partial charge in [0.15, 0.2) is 0 Å². The first-order valence-corrected chi connectivity index (χ1v) is 10.8. The molecule has 7 nitrogen and oxygen atoms in total. The van der Waals surface area contributed by atoms with E-state index in [1.54, 1.807) is 0 Å². The number of alkyl halides is 6. The van der Waals surface area contributed by atoms with Crippen molar-refractivity contribution < 1.29 is 35.1 Å². The van der Waals surface area contributed by atoms with Crippen molar-refractivity contribution in [1.82, 2.24) is 14.4 Å². The number of nitrogens with zero attached hydrogens (tertiary/aromatic N) is 4. The first kappa shape index (κ1) is 24.4. The van der Waals surface area contributed by atoms with E-state index < -0.39 is 34.0 Å². The molecule has 0 fully saturated rings. The van der Waals surface area contributed by atoms with E-state index in [1.165, 1.54) is 35.7 Å². The number of aromatic nitrogens is 3. The third-order valence-electron chi connectivity index (χ3n) is 4.42. The Labute approximate surface area is 183 Å². The minimum atomic E-state index is -4.73. The number of imidazole rings is 1. The van der Waals surface area contributed by atoms with E-state index >= 15 is 0 Å². The molecule has 3 N–H and O–H groups in total. The molecule has 33 heavy (non-hydrogen) atoms. The summed E-state index contributed by atoms with van der Waals surface area (Å²) in [5.74, 6) is -0.207. The van der Waals surface area contributed by atoms with Crippen LogP contribution in [-0.4, -0.2) is 37.1 Å².